The van der Waals surface area contributed by atoms with Crippen molar-refractivity contribution in [1.29, 1.82) is 0 Å². The Morgan fingerprint density at radius 1 is 1.53 bits per heavy atom. The standard InChI is InChI=1S/C13H17N3O2S/c1-16-6-5-15-13(16)19-9-11(17)8-18-12-4-2-3-10(14)7-12/h2-7,11,17H,8-9,14H2,1H3. The minimum atomic E-state index is -0.553. The third-order valence-electron chi connectivity index (χ3n) is 2.48. The Morgan fingerprint density at radius 2 is 2.37 bits per heavy atom. The number of anilines is 1. The molecule has 102 valence electrons. The van der Waals surface area contributed by atoms with Crippen molar-refractivity contribution in [2.75, 3.05) is 18.1 Å². The zero-order chi connectivity index (χ0) is 13.7. The third kappa shape index (κ3) is 4.18. The maximum atomic E-state index is 9.86. The number of imidazole rings is 1. The molecule has 0 radical (unpaired) electrons. The van der Waals surface area contributed by atoms with Gasteiger partial charge in [-0.1, -0.05) is 17.8 Å². The molecule has 3 N–H and O–H groups in total. The van der Waals surface area contributed by atoms with Gasteiger partial charge in [-0.05, 0) is 12.1 Å². The van der Waals surface area contributed by atoms with Crippen LogP contribution in [0.15, 0.2) is 41.8 Å². The third-order valence-corrected chi connectivity index (χ3v) is 3.69. The highest BCUT2D eigenvalue weighted by Crippen LogP contribution is 2.17. The van der Waals surface area contributed by atoms with E-state index in [9.17, 15) is 5.11 Å². The van der Waals surface area contributed by atoms with E-state index in [0.717, 1.165) is 5.16 Å². The Bertz CT molecular complexity index is 530. The van der Waals surface area contributed by atoms with Gasteiger partial charge < -0.3 is 20.1 Å². The molecule has 6 heteroatoms. The molecule has 0 bridgehead atoms. The first-order valence-corrected chi connectivity index (χ1v) is 6.90. The van der Waals surface area contributed by atoms with Crippen molar-refractivity contribution >= 4 is 17.4 Å². The molecule has 2 rings (SSSR count). The monoisotopic (exact) mass is 279 g/mol. The quantitative estimate of drug-likeness (QED) is 0.620. The first kappa shape index (κ1) is 13.8. The van der Waals surface area contributed by atoms with E-state index >= 15 is 0 Å². The van der Waals surface area contributed by atoms with E-state index in [1.807, 2.05) is 29.9 Å². The van der Waals surface area contributed by atoms with E-state index in [0.29, 0.717) is 17.2 Å². The number of thioether (sulfide) groups is 1. The minimum absolute atomic E-state index is 0.237. The molecule has 0 aliphatic rings. The number of benzene rings is 1. The van der Waals surface area contributed by atoms with Crippen molar-refractivity contribution < 1.29 is 9.84 Å². The van der Waals surface area contributed by atoms with E-state index in [4.69, 9.17) is 10.5 Å². The summed E-state index contributed by atoms with van der Waals surface area (Å²) < 4.78 is 7.39. The zero-order valence-corrected chi connectivity index (χ0v) is 11.5. The van der Waals surface area contributed by atoms with Gasteiger partial charge in [-0.3, -0.25) is 0 Å². The summed E-state index contributed by atoms with van der Waals surface area (Å²) >= 11 is 1.50. The molecule has 5 nitrogen and oxygen atoms in total. The van der Waals surface area contributed by atoms with Gasteiger partial charge >= 0.3 is 0 Å². The van der Waals surface area contributed by atoms with Crippen molar-refractivity contribution in [3.05, 3.63) is 36.7 Å². The highest BCUT2D eigenvalue weighted by atomic mass is 32.2. The molecule has 0 aliphatic carbocycles. The number of rotatable bonds is 6. The Labute approximate surface area is 116 Å². The van der Waals surface area contributed by atoms with Crippen LogP contribution in [0.5, 0.6) is 5.75 Å². The largest absolute Gasteiger partial charge is 0.491 e. The van der Waals surface area contributed by atoms with E-state index in [1.165, 1.54) is 11.8 Å². The van der Waals surface area contributed by atoms with Crippen LogP contribution in [0.1, 0.15) is 0 Å². The van der Waals surface area contributed by atoms with Gasteiger partial charge in [0.05, 0.1) is 6.10 Å². The maximum absolute atomic E-state index is 9.86. The van der Waals surface area contributed by atoms with Crippen LogP contribution >= 0.6 is 11.8 Å². The van der Waals surface area contributed by atoms with Crippen LogP contribution in [-0.4, -0.2) is 33.1 Å². The average Bonchev–Trinajstić information content (AvgIpc) is 2.80. The van der Waals surface area contributed by atoms with Crippen LogP contribution in [0.25, 0.3) is 0 Å². The predicted molar refractivity (Wildman–Crippen MR) is 76.3 cm³/mol. The van der Waals surface area contributed by atoms with Gasteiger partial charge in [0.2, 0.25) is 0 Å². The number of nitrogen functional groups attached to an aromatic ring is 1. The molecule has 0 spiro atoms. The number of hydrogen-bond donors (Lipinski definition) is 2. The van der Waals surface area contributed by atoms with E-state index in [2.05, 4.69) is 4.98 Å². The number of nitrogens with zero attached hydrogens (tertiary/aromatic N) is 2. The molecule has 2 aromatic rings. The molecular formula is C13H17N3O2S. The summed E-state index contributed by atoms with van der Waals surface area (Å²) in [5, 5.41) is 10.7. The number of aliphatic hydroxyl groups excluding tert-OH is 1. The van der Waals surface area contributed by atoms with Crippen molar-refractivity contribution in [2.45, 2.75) is 11.3 Å². The summed E-state index contributed by atoms with van der Waals surface area (Å²) in [6.45, 7) is 0.237. The van der Waals surface area contributed by atoms with Crippen molar-refractivity contribution in [3.8, 4) is 5.75 Å². The van der Waals surface area contributed by atoms with Crippen LogP contribution in [0.2, 0.25) is 0 Å². The lowest BCUT2D eigenvalue weighted by Crippen LogP contribution is -2.20. The molecule has 0 saturated heterocycles. The molecule has 1 heterocycles. The van der Waals surface area contributed by atoms with Crippen LogP contribution < -0.4 is 10.5 Å². The normalized spacial score (nSPS) is 12.3. The topological polar surface area (TPSA) is 73.3 Å². The summed E-state index contributed by atoms with van der Waals surface area (Å²) in [5.41, 5.74) is 6.29. The molecule has 1 aromatic heterocycles. The molecule has 1 atom stereocenters. The van der Waals surface area contributed by atoms with Gasteiger partial charge in [0.15, 0.2) is 5.16 Å². The van der Waals surface area contributed by atoms with Gasteiger partial charge in [-0.15, -0.1) is 0 Å². The van der Waals surface area contributed by atoms with Gasteiger partial charge in [0, 0.05) is 36.9 Å². The van der Waals surface area contributed by atoms with Crippen molar-refractivity contribution in [3.63, 3.8) is 0 Å². The molecule has 1 aromatic carbocycles. The van der Waals surface area contributed by atoms with Gasteiger partial charge in [0.25, 0.3) is 0 Å². The Morgan fingerprint density at radius 3 is 3.05 bits per heavy atom. The van der Waals surface area contributed by atoms with E-state index < -0.39 is 6.10 Å². The van der Waals surface area contributed by atoms with Crippen LogP contribution in [0, 0.1) is 0 Å². The van der Waals surface area contributed by atoms with Crippen molar-refractivity contribution in [1.82, 2.24) is 9.55 Å². The van der Waals surface area contributed by atoms with Crippen molar-refractivity contribution in [2.24, 2.45) is 7.05 Å². The summed E-state index contributed by atoms with van der Waals surface area (Å²) in [6.07, 6.45) is 3.05. The molecule has 0 aliphatic heterocycles. The highest BCUT2D eigenvalue weighted by Gasteiger charge is 2.08. The summed E-state index contributed by atoms with van der Waals surface area (Å²) in [5.74, 6) is 1.20. The molecule has 0 fully saturated rings. The number of aromatic nitrogens is 2. The first-order chi connectivity index (χ1) is 9.15. The second-order valence-electron chi connectivity index (χ2n) is 4.17. The first-order valence-electron chi connectivity index (χ1n) is 5.91. The molecule has 0 saturated carbocycles. The second kappa shape index (κ2) is 6.49. The molecule has 1 unspecified atom stereocenters. The van der Waals surface area contributed by atoms with Crippen LogP contribution in [0.4, 0.5) is 5.69 Å². The summed E-state index contributed by atoms with van der Waals surface area (Å²) in [7, 11) is 1.92. The van der Waals surface area contributed by atoms with Gasteiger partial charge in [-0.2, -0.15) is 0 Å². The van der Waals surface area contributed by atoms with E-state index in [1.54, 1.807) is 18.3 Å². The fourth-order valence-corrected chi connectivity index (χ4v) is 2.34. The molecule has 0 amide bonds. The number of aliphatic hydroxyl groups is 1. The smallest absolute Gasteiger partial charge is 0.167 e. The lowest BCUT2D eigenvalue weighted by Gasteiger charge is -2.12. The Hall–Kier alpha value is -1.66. The predicted octanol–water partition coefficient (Wildman–Crippen LogP) is 1.53. The Balaban J connectivity index is 1.76. The fourth-order valence-electron chi connectivity index (χ4n) is 1.51. The van der Waals surface area contributed by atoms with Crippen LogP contribution in [0.3, 0.4) is 0 Å². The lowest BCUT2D eigenvalue weighted by molar-refractivity contribution is 0.126. The number of hydrogen-bond acceptors (Lipinski definition) is 5. The zero-order valence-electron chi connectivity index (χ0n) is 10.7. The highest BCUT2D eigenvalue weighted by molar-refractivity contribution is 7.99. The van der Waals surface area contributed by atoms with Crippen LogP contribution in [-0.2, 0) is 7.05 Å². The Kier molecular flexibility index (Phi) is 4.70. The lowest BCUT2D eigenvalue weighted by atomic mass is 10.3. The molecular weight excluding hydrogens is 262 g/mol. The number of ether oxygens (including phenoxy) is 1. The maximum Gasteiger partial charge on any atom is 0.167 e. The van der Waals surface area contributed by atoms with Gasteiger partial charge in [0.1, 0.15) is 12.4 Å². The number of nitrogens with two attached hydrogens (primary N) is 1. The summed E-state index contributed by atoms with van der Waals surface area (Å²) in [6, 6.07) is 7.16. The summed E-state index contributed by atoms with van der Waals surface area (Å²) in [4.78, 5) is 4.18. The number of aryl methyl sites for hydroxylation is 1. The fraction of sp³-hybridized carbons (Fsp3) is 0.308. The van der Waals surface area contributed by atoms with E-state index in [-0.39, 0.29) is 6.61 Å². The van der Waals surface area contributed by atoms with Gasteiger partial charge in [-0.25, -0.2) is 4.98 Å². The second-order valence-corrected chi connectivity index (χ2v) is 5.16. The average molecular weight is 279 g/mol. The minimum Gasteiger partial charge on any atom is -0.491 e. The molecule has 19 heavy (non-hydrogen) atoms. The SMILES string of the molecule is Cn1ccnc1SCC(O)COc1cccc(N)c1.